The van der Waals surface area contributed by atoms with Gasteiger partial charge in [0, 0.05) is 11.4 Å². The second-order valence-electron chi connectivity index (χ2n) is 3.77. The molecule has 0 bridgehead atoms. The highest BCUT2D eigenvalue weighted by molar-refractivity contribution is 7.10. The molecule has 6 heteroatoms. The number of carboxylic acids is 1. The number of hydrogen-bond donors (Lipinski definition) is 1. The van der Waals surface area contributed by atoms with E-state index in [2.05, 4.69) is 0 Å². The van der Waals surface area contributed by atoms with Crippen LogP contribution in [0.15, 0.2) is 17.5 Å². The van der Waals surface area contributed by atoms with Crippen LogP contribution in [0.5, 0.6) is 0 Å². The van der Waals surface area contributed by atoms with E-state index in [0.29, 0.717) is 13.2 Å². The number of morpholine rings is 1. The van der Waals surface area contributed by atoms with Crippen LogP contribution in [0.4, 0.5) is 0 Å². The molecule has 1 aliphatic heterocycles. The summed E-state index contributed by atoms with van der Waals surface area (Å²) in [5.41, 5.74) is 0. The predicted molar refractivity (Wildman–Crippen MR) is 62.0 cm³/mol. The summed E-state index contributed by atoms with van der Waals surface area (Å²) in [7, 11) is 0. The lowest BCUT2D eigenvalue weighted by atomic mass is 10.2. The molecule has 92 valence electrons. The highest BCUT2D eigenvalue weighted by atomic mass is 32.1. The second kappa shape index (κ2) is 5.29. The quantitative estimate of drug-likeness (QED) is 0.859. The van der Waals surface area contributed by atoms with Crippen molar-refractivity contribution in [2.75, 3.05) is 19.8 Å². The minimum atomic E-state index is -1.01. The highest BCUT2D eigenvalue weighted by Crippen LogP contribution is 2.14. The number of rotatable bonds is 3. The highest BCUT2D eigenvalue weighted by Gasteiger charge is 2.32. The van der Waals surface area contributed by atoms with Gasteiger partial charge in [0.1, 0.15) is 0 Å². The molecule has 2 rings (SSSR count). The Morgan fingerprint density at radius 2 is 2.41 bits per heavy atom. The molecule has 0 unspecified atom stereocenters. The topological polar surface area (TPSA) is 66.8 Å². The first-order valence-electron chi connectivity index (χ1n) is 5.31. The molecule has 2 heterocycles. The maximum atomic E-state index is 12.0. The van der Waals surface area contributed by atoms with Gasteiger partial charge in [0.05, 0.1) is 19.6 Å². The fourth-order valence-corrected chi connectivity index (χ4v) is 2.47. The van der Waals surface area contributed by atoms with Gasteiger partial charge < -0.3 is 14.7 Å². The predicted octanol–water partition coefficient (Wildman–Crippen LogP) is 0.603. The normalized spacial score (nSPS) is 20.2. The molecule has 1 aliphatic rings. The number of aliphatic carboxylic acids is 1. The van der Waals surface area contributed by atoms with E-state index in [1.807, 2.05) is 17.5 Å². The lowest BCUT2D eigenvalue weighted by molar-refractivity contribution is -0.157. The Hall–Kier alpha value is -1.40. The van der Waals surface area contributed by atoms with E-state index in [4.69, 9.17) is 9.84 Å². The molecule has 0 radical (unpaired) electrons. The molecular weight excluding hydrogens is 242 g/mol. The van der Waals surface area contributed by atoms with Crippen molar-refractivity contribution in [3.05, 3.63) is 22.4 Å². The first-order chi connectivity index (χ1) is 8.18. The van der Waals surface area contributed by atoms with Crippen LogP contribution >= 0.6 is 11.3 Å². The van der Waals surface area contributed by atoms with Crippen LogP contribution in [-0.4, -0.2) is 47.7 Å². The van der Waals surface area contributed by atoms with Gasteiger partial charge in [0.25, 0.3) is 0 Å². The molecule has 0 aromatic carbocycles. The molecule has 0 spiro atoms. The van der Waals surface area contributed by atoms with Gasteiger partial charge in [-0.25, -0.2) is 4.79 Å². The average molecular weight is 255 g/mol. The molecule has 1 saturated heterocycles. The Morgan fingerprint density at radius 3 is 3.06 bits per heavy atom. The first-order valence-corrected chi connectivity index (χ1v) is 6.19. The molecule has 17 heavy (non-hydrogen) atoms. The van der Waals surface area contributed by atoms with E-state index >= 15 is 0 Å². The standard InChI is InChI=1S/C11H13NO4S/c13-10(6-8-2-1-5-17-8)12-3-4-16-7-9(12)11(14)15/h1-2,5,9H,3-4,6-7H2,(H,14,15)/t9-/m0/s1. The molecule has 1 amide bonds. The molecule has 5 nitrogen and oxygen atoms in total. The summed E-state index contributed by atoms with van der Waals surface area (Å²) in [4.78, 5) is 25.3. The van der Waals surface area contributed by atoms with Gasteiger partial charge in [-0.15, -0.1) is 11.3 Å². The van der Waals surface area contributed by atoms with Crippen LogP contribution in [0.2, 0.25) is 0 Å². The molecule has 1 atom stereocenters. The molecule has 0 saturated carbocycles. The maximum absolute atomic E-state index is 12.0. The molecular formula is C11H13NO4S. The van der Waals surface area contributed by atoms with Crippen molar-refractivity contribution in [1.29, 1.82) is 0 Å². The maximum Gasteiger partial charge on any atom is 0.328 e. The minimum Gasteiger partial charge on any atom is -0.480 e. The summed E-state index contributed by atoms with van der Waals surface area (Å²) in [5.74, 6) is -1.16. The number of thiophene rings is 1. The van der Waals surface area contributed by atoms with Crippen molar-refractivity contribution in [3.8, 4) is 0 Å². The van der Waals surface area contributed by atoms with Gasteiger partial charge in [-0.2, -0.15) is 0 Å². The van der Waals surface area contributed by atoms with Crippen LogP contribution in [-0.2, 0) is 20.7 Å². The third-order valence-corrected chi connectivity index (χ3v) is 3.52. The lowest BCUT2D eigenvalue weighted by Gasteiger charge is -2.32. The third-order valence-electron chi connectivity index (χ3n) is 2.64. The summed E-state index contributed by atoms with van der Waals surface area (Å²) >= 11 is 1.50. The van der Waals surface area contributed by atoms with E-state index in [1.165, 1.54) is 16.2 Å². The molecule has 1 fully saturated rings. The molecule has 0 aliphatic carbocycles. The Kier molecular flexibility index (Phi) is 3.75. The number of carbonyl (C=O) groups is 2. The zero-order valence-corrected chi connectivity index (χ0v) is 9.98. The number of hydrogen-bond acceptors (Lipinski definition) is 4. The van der Waals surface area contributed by atoms with Crippen molar-refractivity contribution in [1.82, 2.24) is 4.90 Å². The van der Waals surface area contributed by atoms with E-state index < -0.39 is 12.0 Å². The van der Waals surface area contributed by atoms with Crippen molar-refractivity contribution in [3.63, 3.8) is 0 Å². The van der Waals surface area contributed by atoms with Gasteiger partial charge in [-0.3, -0.25) is 4.79 Å². The Labute approximate surface area is 103 Å². The SMILES string of the molecule is O=C(O)[C@@H]1COCCN1C(=O)Cc1cccs1. The Balaban J connectivity index is 2.03. The van der Waals surface area contributed by atoms with Crippen LogP contribution in [0.1, 0.15) is 4.88 Å². The van der Waals surface area contributed by atoms with Crippen molar-refractivity contribution in [2.24, 2.45) is 0 Å². The Bertz CT molecular complexity index is 404. The third kappa shape index (κ3) is 2.83. The lowest BCUT2D eigenvalue weighted by Crippen LogP contribution is -2.53. The summed E-state index contributed by atoms with van der Waals surface area (Å²) in [6, 6.07) is 2.90. The number of carbonyl (C=O) groups excluding carboxylic acids is 1. The van der Waals surface area contributed by atoms with Gasteiger partial charge in [-0.05, 0) is 11.4 Å². The second-order valence-corrected chi connectivity index (χ2v) is 4.80. The monoisotopic (exact) mass is 255 g/mol. The van der Waals surface area contributed by atoms with Gasteiger partial charge >= 0.3 is 5.97 Å². The summed E-state index contributed by atoms with van der Waals surface area (Å²) in [5, 5.41) is 10.9. The summed E-state index contributed by atoms with van der Waals surface area (Å²) < 4.78 is 5.09. The largest absolute Gasteiger partial charge is 0.480 e. The molecule has 1 aromatic heterocycles. The Morgan fingerprint density at radius 1 is 1.59 bits per heavy atom. The van der Waals surface area contributed by atoms with Crippen molar-refractivity contribution < 1.29 is 19.4 Å². The molecule has 1 N–H and O–H groups in total. The van der Waals surface area contributed by atoms with E-state index in [9.17, 15) is 9.59 Å². The number of carboxylic acid groups (broad SMARTS) is 1. The number of amides is 1. The fourth-order valence-electron chi connectivity index (χ4n) is 1.77. The number of nitrogens with zero attached hydrogens (tertiary/aromatic N) is 1. The van der Waals surface area contributed by atoms with Gasteiger partial charge in [-0.1, -0.05) is 6.07 Å². The molecule has 1 aromatic rings. The van der Waals surface area contributed by atoms with Crippen LogP contribution in [0.25, 0.3) is 0 Å². The van der Waals surface area contributed by atoms with Gasteiger partial charge in [0.2, 0.25) is 5.91 Å². The van der Waals surface area contributed by atoms with E-state index in [0.717, 1.165) is 4.88 Å². The van der Waals surface area contributed by atoms with E-state index in [1.54, 1.807) is 0 Å². The summed E-state index contributed by atoms with van der Waals surface area (Å²) in [6.45, 7) is 0.826. The first kappa shape index (κ1) is 12.1. The number of ether oxygens (including phenoxy) is 1. The van der Waals surface area contributed by atoms with Crippen LogP contribution < -0.4 is 0 Å². The van der Waals surface area contributed by atoms with Gasteiger partial charge in [0.15, 0.2) is 6.04 Å². The zero-order valence-electron chi connectivity index (χ0n) is 9.17. The van der Waals surface area contributed by atoms with E-state index in [-0.39, 0.29) is 18.9 Å². The van der Waals surface area contributed by atoms with Crippen LogP contribution in [0.3, 0.4) is 0 Å². The fraction of sp³-hybridized carbons (Fsp3) is 0.455. The average Bonchev–Trinajstić information content (AvgIpc) is 2.81. The zero-order chi connectivity index (χ0) is 12.3. The van der Waals surface area contributed by atoms with Crippen molar-refractivity contribution in [2.45, 2.75) is 12.5 Å². The smallest absolute Gasteiger partial charge is 0.328 e. The van der Waals surface area contributed by atoms with Crippen molar-refractivity contribution >= 4 is 23.2 Å². The van der Waals surface area contributed by atoms with Crippen LogP contribution in [0, 0.1) is 0 Å². The summed E-state index contributed by atoms with van der Waals surface area (Å²) in [6.07, 6.45) is 0.265. The minimum absolute atomic E-state index is 0.0749.